The van der Waals surface area contributed by atoms with Crippen LogP contribution in [-0.4, -0.2) is 30.3 Å². The zero-order chi connectivity index (χ0) is 8.89. The lowest BCUT2D eigenvalue weighted by Crippen LogP contribution is -2.50. The highest BCUT2D eigenvalue weighted by Gasteiger charge is 2.49. The molecule has 3 heterocycles. The lowest BCUT2D eigenvalue weighted by molar-refractivity contribution is 0.0161. The number of alkyl carbamates (subject to hydrolysis) is 1. The van der Waals surface area contributed by atoms with E-state index >= 15 is 0 Å². The summed E-state index contributed by atoms with van der Waals surface area (Å²) in [6.07, 6.45) is 4.22. The maximum Gasteiger partial charge on any atom is 0.407 e. The first kappa shape index (κ1) is 7.62. The molecule has 0 aromatic rings. The molecule has 1 spiro atoms. The molecule has 4 heteroatoms. The zero-order valence-corrected chi connectivity index (χ0v) is 7.51. The molecule has 4 nitrogen and oxygen atoms in total. The summed E-state index contributed by atoms with van der Waals surface area (Å²) in [5.74, 6) is 0. The molecule has 3 rings (SSSR count). The molecular formula is C9H14N2O2. The van der Waals surface area contributed by atoms with Gasteiger partial charge < -0.3 is 15.4 Å². The van der Waals surface area contributed by atoms with E-state index in [1.807, 2.05) is 0 Å². The molecule has 0 saturated carbocycles. The molecule has 0 aromatic heterocycles. The predicted molar refractivity (Wildman–Crippen MR) is 46.4 cm³/mol. The van der Waals surface area contributed by atoms with Gasteiger partial charge >= 0.3 is 6.09 Å². The molecule has 3 atom stereocenters. The van der Waals surface area contributed by atoms with Crippen molar-refractivity contribution in [2.45, 2.75) is 43.4 Å². The van der Waals surface area contributed by atoms with E-state index in [1.165, 1.54) is 12.8 Å². The molecule has 13 heavy (non-hydrogen) atoms. The standard InChI is InChI=1S/C9H14N2O2/c12-8-10-5-9(13-8)3-6-1-2-7(4-9)11-6/h6-7,11H,1-5H2,(H,10,12)/t6-,7+,9-. The normalized spacial score (nSPS) is 47.8. The van der Waals surface area contributed by atoms with Gasteiger partial charge in [0.15, 0.2) is 0 Å². The zero-order valence-electron chi connectivity index (χ0n) is 7.51. The smallest absolute Gasteiger partial charge is 0.407 e. The topological polar surface area (TPSA) is 50.4 Å². The van der Waals surface area contributed by atoms with Crippen molar-refractivity contribution in [1.29, 1.82) is 0 Å². The molecular weight excluding hydrogens is 168 g/mol. The van der Waals surface area contributed by atoms with Gasteiger partial charge in [-0.2, -0.15) is 0 Å². The number of amides is 1. The highest BCUT2D eigenvalue weighted by molar-refractivity contribution is 5.70. The van der Waals surface area contributed by atoms with Crippen LogP contribution in [0.3, 0.4) is 0 Å². The Balaban J connectivity index is 1.81. The van der Waals surface area contributed by atoms with E-state index in [1.54, 1.807) is 0 Å². The van der Waals surface area contributed by atoms with Crippen LogP contribution in [0.25, 0.3) is 0 Å². The average molecular weight is 182 g/mol. The van der Waals surface area contributed by atoms with Crippen LogP contribution in [0.1, 0.15) is 25.7 Å². The van der Waals surface area contributed by atoms with E-state index < -0.39 is 0 Å². The van der Waals surface area contributed by atoms with Crippen molar-refractivity contribution >= 4 is 6.09 Å². The fourth-order valence-corrected chi connectivity index (χ4v) is 2.94. The second-order valence-corrected chi connectivity index (χ2v) is 4.47. The molecule has 0 aliphatic carbocycles. The minimum absolute atomic E-state index is 0.172. The van der Waals surface area contributed by atoms with Gasteiger partial charge in [-0.25, -0.2) is 4.79 Å². The number of carbonyl (C=O) groups excluding carboxylic acids is 1. The molecule has 2 N–H and O–H groups in total. The third-order valence-corrected chi connectivity index (χ3v) is 3.44. The summed E-state index contributed by atoms with van der Waals surface area (Å²) >= 11 is 0. The van der Waals surface area contributed by atoms with Gasteiger partial charge in [-0.05, 0) is 12.8 Å². The predicted octanol–water partition coefficient (Wildman–Crippen LogP) is 0.379. The van der Waals surface area contributed by atoms with Crippen molar-refractivity contribution in [2.24, 2.45) is 0 Å². The highest BCUT2D eigenvalue weighted by Crippen LogP contribution is 2.37. The number of nitrogens with one attached hydrogen (secondary N) is 2. The number of rotatable bonds is 0. The Morgan fingerprint density at radius 1 is 1.31 bits per heavy atom. The third kappa shape index (κ3) is 1.12. The number of piperidine rings is 1. The van der Waals surface area contributed by atoms with Crippen molar-refractivity contribution in [3.8, 4) is 0 Å². The summed E-state index contributed by atoms with van der Waals surface area (Å²) in [6.45, 7) is 0.709. The number of fused-ring (bicyclic) bond motifs is 2. The van der Waals surface area contributed by atoms with Crippen molar-refractivity contribution in [3.63, 3.8) is 0 Å². The van der Waals surface area contributed by atoms with Crippen LogP contribution in [0.4, 0.5) is 4.79 Å². The highest BCUT2D eigenvalue weighted by atomic mass is 16.6. The number of ether oxygens (including phenoxy) is 1. The Kier molecular flexibility index (Phi) is 1.39. The number of hydrogen-bond donors (Lipinski definition) is 2. The summed E-state index contributed by atoms with van der Waals surface area (Å²) in [4.78, 5) is 11.0. The first-order valence-electron chi connectivity index (χ1n) is 4.99. The van der Waals surface area contributed by atoms with Crippen molar-refractivity contribution < 1.29 is 9.53 Å². The van der Waals surface area contributed by atoms with Crippen LogP contribution in [0, 0.1) is 0 Å². The van der Waals surface area contributed by atoms with E-state index in [0.717, 1.165) is 12.8 Å². The molecule has 3 aliphatic rings. The van der Waals surface area contributed by atoms with Crippen LogP contribution >= 0.6 is 0 Å². The van der Waals surface area contributed by atoms with Crippen molar-refractivity contribution in [1.82, 2.24) is 10.6 Å². The molecule has 3 aliphatic heterocycles. The molecule has 0 radical (unpaired) electrons. The van der Waals surface area contributed by atoms with Crippen LogP contribution in [0.5, 0.6) is 0 Å². The summed E-state index contributed by atoms with van der Waals surface area (Å²) in [5.41, 5.74) is -0.172. The average Bonchev–Trinajstić information content (AvgIpc) is 2.58. The Morgan fingerprint density at radius 2 is 2.00 bits per heavy atom. The summed E-state index contributed by atoms with van der Waals surface area (Å²) in [5, 5.41) is 6.30. The molecule has 3 saturated heterocycles. The monoisotopic (exact) mass is 182 g/mol. The molecule has 1 amide bonds. The van der Waals surface area contributed by atoms with Crippen LogP contribution in [0.2, 0.25) is 0 Å². The van der Waals surface area contributed by atoms with Crippen LogP contribution < -0.4 is 10.6 Å². The molecule has 3 fully saturated rings. The Labute approximate surface area is 77.0 Å². The Bertz CT molecular complexity index is 242. The maximum atomic E-state index is 11.0. The van der Waals surface area contributed by atoms with Gasteiger partial charge in [-0.1, -0.05) is 0 Å². The minimum Gasteiger partial charge on any atom is -0.441 e. The van der Waals surface area contributed by atoms with Crippen molar-refractivity contribution in [3.05, 3.63) is 0 Å². The summed E-state index contributed by atoms with van der Waals surface area (Å²) in [7, 11) is 0. The number of hydrogen-bond acceptors (Lipinski definition) is 3. The Morgan fingerprint density at radius 3 is 2.54 bits per heavy atom. The van der Waals surface area contributed by atoms with E-state index in [0.29, 0.717) is 18.6 Å². The second-order valence-electron chi connectivity index (χ2n) is 4.47. The maximum absolute atomic E-state index is 11.0. The van der Waals surface area contributed by atoms with Crippen LogP contribution in [-0.2, 0) is 4.74 Å². The van der Waals surface area contributed by atoms with E-state index in [2.05, 4.69) is 10.6 Å². The lowest BCUT2D eigenvalue weighted by atomic mass is 9.88. The summed E-state index contributed by atoms with van der Waals surface area (Å²) in [6, 6.07) is 1.15. The fraction of sp³-hybridized carbons (Fsp3) is 0.889. The van der Waals surface area contributed by atoms with E-state index in [-0.39, 0.29) is 11.7 Å². The lowest BCUT2D eigenvalue weighted by Gasteiger charge is -2.35. The molecule has 0 aromatic carbocycles. The van der Waals surface area contributed by atoms with Gasteiger partial charge in [0.1, 0.15) is 5.60 Å². The molecule has 72 valence electrons. The van der Waals surface area contributed by atoms with Crippen molar-refractivity contribution in [2.75, 3.05) is 6.54 Å². The first-order chi connectivity index (χ1) is 6.26. The quantitative estimate of drug-likeness (QED) is 0.569. The van der Waals surface area contributed by atoms with E-state index in [9.17, 15) is 4.79 Å². The first-order valence-corrected chi connectivity index (χ1v) is 4.99. The van der Waals surface area contributed by atoms with Crippen LogP contribution in [0.15, 0.2) is 0 Å². The molecule has 0 unspecified atom stereocenters. The van der Waals surface area contributed by atoms with E-state index in [4.69, 9.17) is 4.74 Å². The second kappa shape index (κ2) is 2.38. The number of carbonyl (C=O) groups is 1. The van der Waals surface area contributed by atoms with Gasteiger partial charge in [0.2, 0.25) is 0 Å². The third-order valence-electron chi connectivity index (χ3n) is 3.44. The summed E-state index contributed by atoms with van der Waals surface area (Å²) < 4.78 is 5.38. The van der Waals surface area contributed by atoms with Gasteiger partial charge in [-0.3, -0.25) is 0 Å². The SMILES string of the molecule is O=C1NC[C@]2(C[C@H]3CC[C@@H](C2)N3)O1. The van der Waals surface area contributed by atoms with Gasteiger partial charge in [0.25, 0.3) is 0 Å². The van der Waals surface area contributed by atoms with Gasteiger partial charge in [-0.15, -0.1) is 0 Å². The van der Waals surface area contributed by atoms with Gasteiger partial charge in [0, 0.05) is 24.9 Å². The van der Waals surface area contributed by atoms with Gasteiger partial charge in [0.05, 0.1) is 6.54 Å². The fourth-order valence-electron chi connectivity index (χ4n) is 2.94. The minimum atomic E-state index is -0.235. The largest absolute Gasteiger partial charge is 0.441 e. The molecule has 2 bridgehead atoms. The Hall–Kier alpha value is -0.770.